The lowest BCUT2D eigenvalue weighted by Gasteiger charge is -2.12. The van der Waals surface area contributed by atoms with E-state index in [0.717, 1.165) is 0 Å². The number of rotatable bonds is 2. The standard InChI is InChI=1S/C17H11Cl2NO2/c18-13-7-11(8-14(19)10-13)6-12-9-16(21)20(17(12)22)15-4-2-1-3-5-15/h1-8,10H,9H2/b12-6+. The van der Waals surface area contributed by atoms with Crippen molar-refractivity contribution in [3.05, 3.63) is 69.7 Å². The van der Waals surface area contributed by atoms with Crippen LogP contribution in [0.4, 0.5) is 5.69 Å². The second-order valence-corrected chi connectivity index (χ2v) is 5.79. The maximum Gasteiger partial charge on any atom is 0.261 e. The highest BCUT2D eigenvalue weighted by molar-refractivity contribution is 6.35. The average Bonchev–Trinajstić information content (AvgIpc) is 2.73. The molecule has 0 saturated carbocycles. The van der Waals surface area contributed by atoms with Gasteiger partial charge in [0.25, 0.3) is 5.91 Å². The summed E-state index contributed by atoms with van der Waals surface area (Å²) in [5, 5.41) is 0.965. The molecular weight excluding hydrogens is 321 g/mol. The minimum absolute atomic E-state index is 0.0673. The van der Waals surface area contributed by atoms with Crippen LogP contribution in [0.3, 0.4) is 0 Å². The Hall–Kier alpha value is -2.10. The van der Waals surface area contributed by atoms with Gasteiger partial charge in [0.2, 0.25) is 5.91 Å². The molecule has 0 spiro atoms. The van der Waals surface area contributed by atoms with Gasteiger partial charge in [0.05, 0.1) is 12.1 Å². The number of amides is 2. The van der Waals surface area contributed by atoms with Crippen molar-refractivity contribution in [2.45, 2.75) is 6.42 Å². The van der Waals surface area contributed by atoms with Crippen LogP contribution in [-0.2, 0) is 9.59 Å². The molecule has 1 fully saturated rings. The molecule has 2 aromatic carbocycles. The summed E-state index contributed by atoms with van der Waals surface area (Å²) in [6.45, 7) is 0. The van der Waals surface area contributed by atoms with Gasteiger partial charge in [-0.1, -0.05) is 41.4 Å². The molecule has 0 aliphatic carbocycles. The van der Waals surface area contributed by atoms with Crippen molar-refractivity contribution in [1.82, 2.24) is 0 Å². The summed E-state index contributed by atoms with van der Waals surface area (Å²) in [6, 6.07) is 13.9. The molecule has 0 atom stereocenters. The second-order valence-electron chi connectivity index (χ2n) is 4.92. The minimum Gasteiger partial charge on any atom is -0.274 e. The zero-order chi connectivity index (χ0) is 15.7. The second kappa shape index (κ2) is 5.95. The number of carbonyl (C=O) groups is 2. The molecule has 1 saturated heterocycles. The summed E-state index contributed by atoms with van der Waals surface area (Å²) in [6.07, 6.45) is 1.72. The summed E-state index contributed by atoms with van der Waals surface area (Å²) in [4.78, 5) is 25.8. The average molecular weight is 332 g/mol. The molecule has 3 nitrogen and oxygen atoms in total. The fourth-order valence-corrected chi connectivity index (χ4v) is 2.93. The van der Waals surface area contributed by atoms with E-state index in [1.807, 2.05) is 6.07 Å². The van der Waals surface area contributed by atoms with Gasteiger partial charge in [0.15, 0.2) is 0 Å². The van der Waals surface area contributed by atoms with E-state index in [4.69, 9.17) is 23.2 Å². The molecule has 5 heteroatoms. The van der Waals surface area contributed by atoms with Crippen molar-refractivity contribution in [2.24, 2.45) is 0 Å². The molecule has 1 heterocycles. The summed E-state index contributed by atoms with van der Waals surface area (Å²) in [5.74, 6) is -0.553. The van der Waals surface area contributed by atoms with Gasteiger partial charge in [-0.2, -0.15) is 0 Å². The molecule has 110 valence electrons. The molecule has 0 unspecified atom stereocenters. The lowest BCUT2D eigenvalue weighted by molar-refractivity contribution is -0.120. The Bertz CT molecular complexity index is 764. The quantitative estimate of drug-likeness (QED) is 0.606. The van der Waals surface area contributed by atoms with E-state index in [9.17, 15) is 9.59 Å². The van der Waals surface area contributed by atoms with E-state index in [1.54, 1.807) is 48.5 Å². The summed E-state index contributed by atoms with van der Waals surface area (Å²) >= 11 is 11.9. The van der Waals surface area contributed by atoms with Gasteiger partial charge >= 0.3 is 0 Å². The lowest BCUT2D eigenvalue weighted by Crippen LogP contribution is -2.28. The van der Waals surface area contributed by atoms with Crippen molar-refractivity contribution in [1.29, 1.82) is 0 Å². The zero-order valence-electron chi connectivity index (χ0n) is 11.4. The van der Waals surface area contributed by atoms with Crippen molar-refractivity contribution in [2.75, 3.05) is 4.90 Å². The predicted molar refractivity (Wildman–Crippen MR) is 88.0 cm³/mol. The monoisotopic (exact) mass is 331 g/mol. The van der Waals surface area contributed by atoms with Gasteiger partial charge in [-0.05, 0) is 42.0 Å². The minimum atomic E-state index is -0.313. The molecule has 1 aliphatic rings. The first kappa shape index (κ1) is 14.8. The van der Waals surface area contributed by atoms with Gasteiger partial charge in [-0.3, -0.25) is 9.59 Å². The summed E-state index contributed by atoms with van der Waals surface area (Å²) < 4.78 is 0. The van der Waals surface area contributed by atoms with Crippen molar-refractivity contribution in [3.8, 4) is 0 Å². The van der Waals surface area contributed by atoms with Crippen LogP contribution < -0.4 is 4.90 Å². The van der Waals surface area contributed by atoms with E-state index in [0.29, 0.717) is 26.9 Å². The number of para-hydroxylation sites is 1. The molecule has 22 heavy (non-hydrogen) atoms. The third kappa shape index (κ3) is 2.91. The molecule has 0 aromatic heterocycles. The van der Waals surface area contributed by atoms with Crippen LogP contribution in [0.1, 0.15) is 12.0 Å². The number of nitrogens with zero attached hydrogens (tertiary/aromatic N) is 1. The van der Waals surface area contributed by atoms with Crippen LogP contribution >= 0.6 is 23.2 Å². The normalized spacial score (nSPS) is 16.6. The smallest absolute Gasteiger partial charge is 0.261 e. The van der Waals surface area contributed by atoms with Gasteiger partial charge in [-0.15, -0.1) is 0 Å². The van der Waals surface area contributed by atoms with Crippen LogP contribution in [-0.4, -0.2) is 11.8 Å². The van der Waals surface area contributed by atoms with Crippen molar-refractivity contribution >= 4 is 46.8 Å². The van der Waals surface area contributed by atoms with Crippen molar-refractivity contribution in [3.63, 3.8) is 0 Å². The fourth-order valence-electron chi connectivity index (χ4n) is 2.39. The Kier molecular flexibility index (Phi) is 4.01. The lowest BCUT2D eigenvalue weighted by atomic mass is 10.1. The van der Waals surface area contributed by atoms with Gasteiger partial charge in [0, 0.05) is 15.6 Å². The molecule has 2 aromatic rings. The van der Waals surface area contributed by atoms with Crippen molar-refractivity contribution < 1.29 is 9.59 Å². The topological polar surface area (TPSA) is 37.4 Å². The molecule has 3 rings (SSSR count). The number of anilines is 1. The van der Waals surface area contributed by atoms with Crippen LogP contribution in [0.15, 0.2) is 54.1 Å². The third-order valence-electron chi connectivity index (χ3n) is 3.31. The number of benzene rings is 2. The summed E-state index contributed by atoms with van der Waals surface area (Å²) in [7, 11) is 0. The Morgan fingerprint density at radius 2 is 1.59 bits per heavy atom. The van der Waals surface area contributed by atoms with E-state index < -0.39 is 0 Å². The predicted octanol–water partition coefficient (Wildman–Crippen LogP) is 4.34. The van der Waals surface area contributed by atoms with E-state index in [-0.39, 0.29) is 18.2 Å². The number of imide groups is 1. The van der Waals surface area contributed by atoms with Crippen LogP contribution in [0.5, 0.6) is 0 Å². The highest BCUT2D eigenvalue weighted by atomic mass is 35.5. The molecule has 2 amide bonds. The van der Waals surface area contributed by atoms with E-state index >= 15 is 0 Å². The zero-order valence-corrected chi connectivity index (χ0v) is 12.9. The largest absolute Gasteiger partial charge is 0.274 e. The molecular formula is C17H11Cl2NO2. The number of halogens is 2. The fraction of sp³-hybridized carbons (Fsp3) is 0.0588. The van der Waals surface area contributed by atoms with Gasteiger partial charge in [0.1, 0.15) is 0 Å². The van der Waals surface area contributed by atoms with Crippen LogP contribution in [0.25, 0.3) is 6.08 Å². The highest BCUT2D eigenvalue weighted by Gasteiger charge is 2.34. The maximum atomic E-state index is 12.5. The van der Waals surface area contributed by atoms with Crippen LogP contribution in [0.2, 0.25) is 10.0 Å². The van der Waals surface area contributed by atoms with Crippen LogP contribution in [0, 0.1) is 0 Å². The Labute approximate surface area is 137 Å². The number of hydrogen-bond acceptors (Lipinski definition) is 2. The van der Waals surface area contributed by atoms with E-state index in [2.05, 4.69) is 0 Å². The van der Waals surface area contributed by atoms with Gasteiger partial charge < -0.3 is 0 Å². The molecule has 1 aliphatic heterocycles. The summed E-state index contributed by atoms with van der Waals surface area (Å²) in [5.41, 5.74) is 1.70. The Morgan fingerprint density at radius 1 is 0.955 bits per heavy atom. The first-order valence-corrected chi connectivity index (χ1v) is 7.39. The SMILES string of the molecule is O=C1C/C(=C\c2cc(Cl)cc(Cl)c2)C(=O)N1c1ccccc1. The first-order chi connectivity index (χ1) is 10.5. The Morgan fingerprint density at radius 3 is 2.23 bits per heavy atom. The molecule has 0 radical (unpaired) electrons. The number of hydrogen-bond donors (Lipinski definition) is 0. The number of carbonyl (C=O) groups excluding carboxylic acids is 2. The first-order valence-electron chi connectivity index (χ1n) is 6.63. The van der Waals surface area contributed by atoms with Gasteiger partial charge in [-0.25, -0.2) is 4.90 Å². The maximum absolute atomic E-state index is 12.5. The van der Waals surface area contributed by atoms with E-state index in [1.165, 1.54) is 4.90 Å². The molecule has 0 bridgehead atoms. The molecule has 0 N–H and O–H groups in total. The highest BCUT2D eigenvalue weighted by Crippen LogP contribution is 2.28. The third-order valence-corrected chi connectivity index (χ3v) is 3.75. The Balaban J connectivity index is 1.95.